The molecule has 0 aliphatic heterocycles. The quantitative estimate of drug-likeness (QED) is 0.626. The SMILES string of the molecule is O=Cc1ccc(C#C/C=C\c2ccc(C=O)cc2)cc1. The summed E-state index contributed by atoms with van der Waals surface area (Å²) in [4.78, 5) is 21.0. The summed E-state index contributed by atoms with van der Waals surface area (Å²) in [5.74, 6) is 5.91. The van der Waals surface area contributed by atoms with Gasteiger partial charge in [-0.2, -0.15) is 0 Å². The van der Waals surface area contributed by atoms with Gasteiger partial charge in [0.05, 0.1) is 0 Å². The van der Waals surface area contributed by atoms with Crippen LogP contribution in [0.25, 0.3) is 6.08 Å². The molecule has 0 bridgehead atoms. The Morgan fingerprint density at radius 1 is 0.700 bits per heavy atom. The van der Waals surface area contributed by atoms with Crippen LogP contribution in [0.1, 0.15) is 31.8 Å². The minimum Gasteiger partial charge on any atom is -0.298 e. The summed E-state index contributed by atoms with van der Waals surface area (Å²) in [6.07, 6.45) is 5.25. The summed E-state index contributed by atoms with van der Waals surface area (Å²) in [7, 11) is 0. The topological polar surface area (TPSA) is 34.1 Å². The van der Waals surface area contributed by atoms with Crippen LogP contribution in [0.2, 0.25) is 0 Å². The fourth-order valence-corrected chi connectivity index (χ4v) is 1.59. The van der Waals surface area contributed by atoms with E-state index in [-0.39, 0.29) is 0 Å². The highest BCUT2D eigenvalue weighted by Crippen LogP contribution is 2.04. The molecule has 0 aliphatic rings. The van der Waals surface area contributed by atoms with Gasteiger partial charge in [-0.25, -0.2) is 0 Å². The second-order valence-electron chi connectivity index (χ2n) is 4.13. The van der Waals surface area contributed by atoms with Gasteiger partial charge in [0.1, 0.15) is 12.6 Å². The second kappa shape index (κ2) is 6.86. The van der Waals surface area contributed by atoms with Crippen LogP contribution in [-0.4, -0.2) is 12.6 Å². The molecule has 0 fully saturated rings. The summed E-state index contributed by atoms with van der Waals surface area (Å²) in [5.41, 5.74) is 3.14. The van der Waals surface area contributed by atoms with Gasteiger partial charge in [-0.1, -0.05) is 48.2 Å². The third-order valence-corrected chi connectivity index (χ3v) is 2.69. The maximum Gasteiger partial charge on any atom is 0.150 e. The van der Waals surface area contributed by atoms with Crippen molar-refractivity contribution >= 4 is 18.6 Å². The third kappa shape index (κ3) is 3.79. The molecule has 96 valence electrons. The Morgan fingerprint density at radius 2 is 1.20 bits per heavy atom. The highest BCUT2D eigenvalue weighted by Gasteiger charge is 1.89. The van der Waals surface area contributed by atoms with Crippen LogP contribution in [0.4, 0.5) is 0 Å². The molecule has 0 N–H and O–H groups in total. The van der Waals surface area contributed by atoms with E-state index in [4.69, 9.17) is 0 Å². The Balaban J connectivity index is 2.03. The maximum atomic E-state index is 10.5. The van der Waals surface area contributed by atoms with E-state index in [2.05, 4.69) is 11.8 Å². The van der Waals surface area contributed by atoms with Gasteiger partial charge >= 0.3 is 0 Å². The number of carbonyl (C=O) groups is 2. The number of rotatable bonds is 3. The summed E-state index contributed by atoms with van der Waals surface area (Å²) in [6.45, 7) is 0. The third-order valence-electron chi connectivity index (χ3n) is 2.69. The van der Waals surface area contributed by atoms with Gasteiger partial charge in [-0.3, -0.25) is 9.59 Å². The zero-order valence-electron chi connectivity index (χ0n) is 10.7. The lowest BCUT2D eigenvalue weighted by Crippen LogP contribution is -1.79. The largest absolute Gasteiger partial charge is 0.298 e. The molecule has 0 aliphatic carbocycles. The monoisotopic (exact) mass is 260 g/mol. The van der Waals surface area contributed by atoms with Crippen LogP contribution in [-0.2, 0) is 0 Å². The predicted octanol–water partition coefficient (Wildman–Crippen LogP) is 3.38. The molecule has 0 unspecified atom stereocenters. The first kappa shape index (κ1) is 13.5. The maximum absolute atomic E-state index is 10.5. The Kier molecular flexibility index (Phi) is 4.64. The Hall–Kier alpha value is -2.92. The molecule has 2 heteroatoms. The zero-order chi connectivity index (χ0) is 14.2. The van der Waals surface area contributed by atoms with E-state index in [0.29, 0.717) is 11.1 Å². The number of benzene rings is 2. The normalized spacial score (nSPS) is 9.80. The van der Waals surface area contributed by atoms with Crippen molar-refractivity contribution in [2.75, 3.05) is 0 Å². The average Bonchev–Trinajstić information content (AvgIpc) is 2.53. The van der Waals surface area contributed by atoms with Crippen molar-refractivity contribution in [2.45, 2.75) is 0 Å². The molecule has 2 aromatic rings. The molecule has 2 nitrogen and oxygen atoms in total. The lowest BCUT2D eigenvalue weighted by molar-refractivity contribution is 0.111. The molecule has 2 rings (SSSR count). The predicted molar refractivity (Wildman–Crippen MR) is 79.6 cm³/mol. The fourth-order valence-electron chi connectivity index (χ4n) is 1.59. The number of hydrogen-bond donors (Lipinski definition) is 0. The van der Waals surface area contributed by atoms with Crippen LogP contribution in [0.3, 0.4) is 0 Å². The summed E-state index contributed by atoms with van der Waals surface area (Å²) in [5, 5.41) is 0. The van der Waals surface area contributed by atoms with Gasteiger partial charge in [0, 0.05) is 16.7 Å². The van der Waals surface area contributed by atoms with E-state index in [9.17, 15) is 9.59 Å². The first-order valence-corrected chi connectivity index (χ1v) is 6.10. The molecular weight excluding hydrogens is 248 g/mol. The average molecular weight is 260 g/mol. The van der Waals surface area contributed by atoms with Gasteiger partial charge < -0.3 is 0 Å². The van der Waals surface area contributed by atoms with Crippen LogP contribution < -0.4 is 0 Å². The molecule has 20 heavy (non-hydrogen) atoms. The molecule has 0 radical (unpaired) electrons. The van der Waals surface area contributed by atoms with Gasteiger partial charge in [0.2, 0.25) is 0 Å². The Labute approximate surface area is 117 Å². The van der Waals surface area contributed by atoms with Crippen LogP contribution in [0.5, 0.6) is 0 Å². The van der Waals surface area contributed by atoms with Crippen molar-refractivity contribution in [2.24, 2.45) is 0 Å². The van der Waals surface area contributed by atoms with Crippen LogP contribution in [0, 0.1) is 11.8 Å². The highest BCUT2D eigenvalue weighted by molar-refractivity contribution is 5.75. The van der Waals surface area contributed by atoms with Crippen molar-refractivity contribution in [1.82, 2.24) is 0 Å². The van der Waals surface area contributed by atoms with E-state index in [1.54, 1.807) is 30.3 Å². The summed E-state index contributed by atoms with van der Waals surface area (Å²) in [6, 6.07) is 14.3. The van der Waals surface area contributed by atoms with E-state index in [1.165, 1.54) is 0 Å². The molecule has 0 heterocycles. The molecule has 0 atom stereocenters. The Bertz CT molecular complexity index is 681. The standard InChI is InChI=1S/C18H12O2/c19-13-17-9-5-15(6-10-17)3-1-2-4-16-7-11-18(14-20)12-8-16/h1,3,5-14H/b3-1-. The molecule has 0 aromatic heterocycles. The van der Waals surface area contributed by atoms with Gasteiger partial charge in [0.15, 0.2) is 0 Å². The first-order valence-electron chi connectivity index (χ1n) is 6.10. The van der Waals surface area contributed by atoms with Crippen molar-refractivity contribution in [1.29, 1.82) is 0 Å². The molecule has 2 aromatic carbocycles. The van der Waals surface area contributed by atoms with E-state index in [0.717, 1.165) is 23.7 Å². The van der Waals surface area contributed by atoms with Crippen molar-refractivity contribution < 1.29 is 9.59 Å². The highest BCUT2D eigenvalue weighted by atomic mass is 16.1. The minimum atomic E-state index is 0.640. The van der Waals surface area contributed by atoms with Gasteiger partial charge in [-0.05, 0) is 29.8 Å². The minimum absolute atomic E-state index is 0.640. The first-order chi connectivity index (χ1) is 9.81. The van der Waals surface area contributed by atoms with E-state index < -0.39 is 0 Å². The molecule has 0 saturated carbocycles. The van der Waals surface area contributed by atoms with Crippen molar-refractivity contribution in [3.63, 3.8) is 0 Å². The van der Waals surface area contributed by atoms with Gasteiger partial charge in [-0.15, -0.1) is 0 Å². The van der Waals surface area contributed by atoms with E-state index >= 15 is 0 Å². The number of aldehydes is 2. The number of hydrogen-bond acceptors (Lipinski definition) is 2. The van der Waals surface area contributed by atoms with Gasteiger partial charge in [0.25, 0.3) is 0 Å². The number of allylic oxidation sites excluding steroid dienone is 1. The Morgan fingerprint density at radius 3 is 1.75 bits per heavy atom. The summed E-state index contributed by atoms with van der Waals surface area (Å²) >= 11 is 0. The second-order valence-corrected chi connectivity index (χ2v) is 4.13. The summed E-state index contributed by atoms with van der Waals surface area (Å²) < 4.78 is 0. The fraction of sp³-hybridized carbons (Fsp3) is 0. The molecule has 0 amide bonds. The number of carbonyl (C=O) groups excluding carboxylic acids is 2. The lowest BCUT2D eigenvalue weighted by Gasteiger charge is -1.92. The van der Waals surface area contributed by atoms with Crippen molar-refractivity contribution in [3.8, 4) is 11.8 Å². The lowest BCUT2D eigenvalue weighted by atomic mass is 10.1. The smallest absolute Gasteiger partial charge is 0.150 e. The molecular formula is C18H12O2. The zero-order valence-corrected chi connectivity index (χ0v) is 10.7. The van der Waals surface area contributed by atoms with Crippen LogP contribution >= 0.6 is 0 Å². The van der Waals surface area contributed by atoms with E-state index in [1.807, 2.05) is 30.3 Å². The molecule has 0 spiro atoms. The van der Waals surface area contributed by atoms with Crippen LogP contribution in [0.15, 0.2) is 54.6 Å². The van der Waals surface area contributed by atoms with Crippen molar-refractivity contribution in [3.05, 3.63) is 76.9 Å². The molecule has 0 saturated heterocycles.